The smallest absolute Gasteiger partial charge is 0.0494 e. The topological polar surface area (TPSA) is 18.5 Å². The molecule has 0 aliphatic carbocycles. The number of ether oxygens (including phenoxy) is 2. The van der Waals surface area contributed by atoms with Gasteiger partial charge in [0.15, 0.2) is 0 Å². The van der Waals surface area contributed by atoms with E-state index in [1.54, 1.807) is 0 Å². The summed E-state index contributed by atoms with van der Waals surface area (Å²) in [6.45, 7) is 11.1. The Morgan fingerprint density at radius 1 is 0.800 bits per heavy atom. The highest BCUT2D eigenvalue weighted by atomic mass is 16.5. The molecule has 0 aromatic rings. The van der Waals surface area contributed by atoms with E-state index in [1.807, 2.05) is 0 Å². The summed E-state index contributed by atoms with van der Waals surface area (Å²) in [6, 6.07) is 0. The van der Waals surface area contributed by atoms with Crippen LogP contribution >= 0.6 is 0 Å². The van der Waals surface area contributed by atoms with E-state index >= 15 is 0 Å². The molecule has 2 rings (SSSR count). The fourth-order valence-electron chi connectivity index (χ4n) is 4.22. The van der Waals surface area contributed by atoms with Gasteiger partial charge in [-0.15, -0.1) is 0 Å². The lowest BCUT2D eigenvalue weighted by atomic mass is 9.80. The van der Waals surface area contributed by atoms with Crippen LogP contribution in [0, 0.1) is 29.6 Å². The van der Waals surface area contributed by atoms with Crippen molar-refractivity contribution in [3.8, 4) is 0 Å². The van der Waals surface area contributed by atoms with Crippen LogP contribution in [0.25, 0.3) is 0 Å². The molecule has 0 radical (unpaired) electrons. The Morgan fingerprint density at radius 3 is 2.05 bits per heavy atom. The van der Waals surface area contributed by atoms with Crippen molar-refractivity contribution in [2.45, 2.75) is 59.3 Å². The monoisotopic (exact) mass is 282 g/mol. The zero-order valence-corrected chi connectivity index (χ0v) is 13.8. The molecule has 0 amide bonds. The standard InChI is InChI=1S/C18H34O2/c1-14(2)8-17-11-18(13-20-12-17)10-15(3)9-16-4-6-19-7-5-16/h14-18H,4-13H2,1-3H3. The highest BCUT2D eigenvalue weighted by Crippen LogP contribution is 2.32. The number of rotatable bonds is 6. The maximum Gasteiger partial charge on any atom is 0.0494 e. The Hall–Kier alpha value is -0.0800. The number of hydrogen-bond donors (Lipinski definition) is 0. The molecule has 0 saturated carbocycles. The molecular formula is C18H34O2. The summed E-state index contributed by atoms with van der Waals surface area (Å²) in [5.74, 6) is 4.19. The van der Waals surface area contributed by atoms with Crippen LogP contribution in [0.5, 0.6) is 0 Å². The van der Waals surface area contributed by atoms with Crippen molar-refractivity contribution in [1.82, 2.24) is 0 Å². The van der Waals surface area contributed by atoms with E-state index < -0.39 is 0 Å². The lowest BCUT2D eigenvalue weighted by Crippen LogP contribution is -2.28. The predicted octanol–water partition coefficient (Wildman–Crippen LogP) is 4.53. The van der Waals surface area contributed by atoms with Crippen molar-refractivity contribution in [3.05, 3.63) is 0 Å². The van der Waals surface area contributed by atoms with E-state index in [0.29, 0.717) is 0 Å². The van der Waals surface area contributed by atoms with Crippen molar-refractivity contribution in [2.75, 3.05) is 26.4 Å². The summed E-state index contributed by atoms with van der Waals surface area (Å²) in [5, 5.41) is 0. The van der Waals surface area contributed by atoms with Gasteiger partial charge in [0.05, 0.1) is 0 Å². The second-order valence-corrected chi connectivity index (χ2v) is 7.77. The van der Waals surface area contributed by atoms with E-state index in [1.165, 1.54) is 38.5 Å². The molecule has 0 N–H and O–H groups in total. The fraction of sp³-hybridized carbons (Fsp3) is 1.00. The molecule has 0 spiro atoms. The summed E-state index contributed by atoms with van der Waals surface area (Å²) < 4.78 is 11.3. The van der Waals surface area contributed by atoms with Gasteiger partial charge in [-0.1, -0.05) is 20.8 Å². The maximum atomic E-state index is 5.87. The molecule has 3 atom stereocenters. The Kier molecular flexibility index (Phi) is 6.83. The van der Waals surface area contributed by atoms with Crippen LogP contribution in [0.2, 0.25) is 0 Å². The highest BCUT2D eigenvalue weighted by Gasteiger charge is 2.26. The van der Waals surface area contributed by atoms with E-state index in [9.17, 15) is 0 Å². The van der Waals surface area contributed by atoms with Crippen molar-refractivity contribution in [2.24, 2.45) is 29.6 Å². The van der Waals surface area contributed by atoms with E-state index in [0.717, 1.165) is 56.0 Å². The minimum absolute atomic E-state index is 0.807. The third-order valence-electron chi connectivity index (χ3n) is 4.99. The first-order chi connectivity index (χ1) is 9.63. The summed E-state index contributed by atoms with van der Waals surface area (Å²) >= 11 is 0. The number of hydrogen-bond acceptors (Lipinski definition) is 2. The minimum Gasteiger partial charge on any atom is -0.381 e. The summed E-state index contributed by atoms with van der Waals surface area (Å²) in [4.78, 5) is 0. The first kappa shape index (κ1) is 16.3. The predicted molar refractivity (Wildman–Crippen MR) is 83.8 cm³/mol. The minimum atomic E-state index is 0.807. The molecule has 2 aliphatic heterocycles. The van der Waals surface area contributed by atoms with Gasteiger partial charge in [0.2, 0.25) is 0 Å². The van der Waals surface area contributed by atoms with Crippen LogP contribution in [-0.4, -0.2) is 26.4 Å². The molecule has 20 heavy (non-hydrogen) atoms. The lowest BCUT2D eigenvalue weighted by molar-refractivity contribution is -0.00127. The first-order valence-electron chi connectivity index (χ1n) is 8.79. The van der Waals surface area contributed by atoms with Crippen LogP contribution < -0.4 is 0 Å². The Bertz CT molecular complexity index is 258. The molecule has 2 fully saturated rings. The van der Waals surface area contributed by atoms with E-state index in [2.05, 4.69) is 20.8 Å². The SMILES string of the molecule is CC(C)CC1COCC(CC(C)CC2CCOCC2)C1. The molecule has 2 heteroatoms. The van der Waals surface area contributed by atoms with Gasteiger partial charge in [-0.05, 0) is 68.1 Å². The molecule has 0 aromatic carbocycles. The second-order valence-electron chi connectivity index (χ2n) is 7.77. The van der Waals surface area contributed by atoms with Crippen molar-refractivity contribution >= 4 is 0 Å². The molecule has 2 aliphatic rings. The maximum absolute atomic E-state index is 5.87. The average Bonchev–Trinajstić information content (AvgIpc) is 2.39. The van der Waals surface area contributed by atoms with Gasteiger partial charge in [-0.3, -0.25) is 0 Å². The molecule has 2 saturated heterocycles. The van der Waals surface area contributed by atoms with Crippen molar-refractivity contribution in [3.63, 3.8) is 0 Å². The Balaban J connectivity index is 1.68. The Labute approximate surface area is 125 Å². The second kappa shape index (κ2) is 8.38. The largest absolute Gasteiger partial charge is 0.381 e. The summed E-state index contributed by atoms with van der Waals surface area (Å²) in [6.07, 6.45) is 8.06. The van der Waals surface area contributed by atoms with Crippen molar-refractivity contribution in [1.29, 1.82) is 0 Å². The van der Waals surface area contributed by atoms with Gasteiger partial charge in [-0.25, -0.2) is 0 Å². The molecule has 0 bridgehead atoms. The molecular weight excluding hydrogens is 248 g/mol. The van der Waals surface area contributed by atoms with Gasteiger partial charge < -0.3 is 9.47 Å². The van der Waals surface area contributed by atoms with Gasteiger partial charge in [0.1, 0.15) is 0 Å². The fourth-order valence-corrected chi connectivity index (χ4v) is 4.22. The molecule has 118 valence electrons. The highest BCUT2D eigenvalue weighted by molar-refractivity contribution is 4.75. The normalized spacial score (nSPS) is 30.6. The summed E-state index contributed by atoms with van der Waals surface area (Å²) in [7, 11) is 0. The van der Waals surface area contributed by atoms with Gasteiger partial charge in [0, 0.05) is 26.4 Å². The molecule has 3 unspecified atom stereocenters. The first-order valence-corrected chi connectivity index (χ1v) is 8.79. The zero-order chi connectivity index (χ0) is 14.4. The van der Waals surface area contributed by atoms with Crippen molar-refractivity contribution < 1.29 is 9.47 Å². The van der Waals surface area contributed by atoms with Gasteiger partial charge in [-0.2, -0.15) is 0 Å². The summed E-state index contributed by atoms with van der Waals surface area (Å²) in [5.41, 5.74) is 0. The van der Waals surface area contributed by atoms with E-state index in [-0.39, 0.29) is 0 Å². The molecule has 2 heterocycles. The van der Waals surface area contributed by atoms with Crippen LogP contribution in [0.1, 0.15) is 59.3 Å². The van der Waals surface area contributed by atoms with Crippen LogP contribution in [0.15, 0.2) is 0 Å². The van der Waals surface area contributed by atoms with Crippen LogP contribution in [-0.2, 0) is 9.47 Å². The van der Waals surface area contributed by atoms with Crippen LogP contribution in [0.3, 0.4) is 0 Å². The average molecular weight is 282 g/mol. The third kappa shape index (κ3) is 5.73. The molecule has 2 nitrogen and oxygen atoms in total. The van der Waals surface area contributed by atoms with Gasteiger partial charge >= 0.3 is 0 Å². The van der Waals surface area contributed by atoms with Crippen LogP contribution in [0.4, 0.5) is 0 Å². The zero-order valence-electron chi connectivity index (χ0n) is 13.8. The van der Waals surface area contributed by atoms with Gasteiger partial charge in [0.25, 0.3) is 0 Å². The third-order valence-corrected chi connectivity index (χ3v) is 4.99. The molecule has 0 aromatic heterocycles. The van der Waals surface area contributed by atoms with E-state index in [4.69, 9.17) is 9.47 Å². The lowest BCUT2D eigenvalue weighted by Gasteiger charge is -2.33. The Morgan fingerprint density at radius 2 is 1.40 bits per heavy atom. The quantitative estimate of drug-likeness (QED) is 0.712.